The number of nitrogens with zero attached hydrogens (tertiary/aromatic N) is 7. The monoisotopic (exact) mass is 359 g/mol. The van der Waals surface area contributed by atoms with E-state index >= 15 is 0 Å². The molecular formula is C19H17N7O. The fraction of sp³-hybridized carbons (Fsp3) is 0.263. The highest BCUT2D eigenvalue weighted by molar-refractivity contribution is 5.57. The van der Waals surface area contributed by atoms with E-state index < -0.39 is 0 Å². The summed E-state index contributed by atoms with van der Waals surface area (Å²) in [4.78, 5) is 26.9. The molecule has 0 saturated carbocycles. The zero-order chi connectivity index (χ0) is 18.6. The minimum Gasteiger partial charge on any atom is -0.350 e. The van der Waals surface area contributed by atoms with Crippen LogP contribution in [-0.4, -0.2) is 37.3 Å². The summed E-state index contributed by atoms with van der Waals surface area (Å²) in [5.41, 5.74) is 1.81. The standard InChI is InChI=1S/C19H17N7O/c20-10-15-11-23-18(12-22-15)25-9-1-2-16(25)13-26-19(27)4-3-17(24-26)14-5-7-21-8-6-14/h3-8,11-12,16H,1-2,9,13H2. The van der Waals surface area contributed by atoms with Gasteiger partial charge in [0, 0.05) is 30.6 Å². The number of nitriles is 1. The van der Waals surface area contributed by atoms with Gasteiger partial charge in [-0.2, -0.15) is 10.4 Å². The van der Waals surface area contributed by atoms with E-state index in [2.05, 4.69) is 25.0 Å². The lowest BCUT2D eigenvalue weighted by atomic mass is 10.2. The average Bonchev–Trinajstić information content (AvgIpc) is 3.18. The third kappa shape index (κ3) is 3.53. The Morgan fingerprint density at radius 3 is 2.74 bits per heavy atom. The van der Waals surface area contributed by atoms with Crippen molar-refractivity contribution in [3.63, 3.8) is 0 Å². The molecule has 1 fully saturated rings. The molecule has 1 saturated heterocycles. The molecule has 0 spiro atoms. The molecule has 0 bridgehead atoms. The van der Waals surface area contributed by atoms with Crippen molar-refractivity contribution in [1.82, 2.24) is 24.7 Å². The Balaban J connectivity index is 1.59. The molecule has 1 unspecified atom stereocenters. The van der Waals surface area contributed by atoms with Crippen molar-refractivity contribution in [2.24, 2.45) is 0 Å². The first-order valence-corrected chi connectivity index (χ1v) is 8.72. The molecule has 0 N–H and O–H groups in total. The van der Waals surface area contributed by atoms with Crippen LogP contribution in [-0.2, 0) is 6.54 Å². The van der Waals surface area contributed by atoms with Crippen LogP contribution in [0.15, 0.2) is 53.8 Å². The predicted octanol–water partition coefficient (Wildman–Crippen LogP) is 1.64. The fourth-order valence-corrected chi connectivity index (χ4v) is 3.31. The lowest BCUT2D eigenvalue weighted by Gasteiger charge is -2.25. The van der Waals surface area contributed by atoms with Gasteiger partial charge < -0.3 is 4.90 Å². The van der Waals surface area contributed by atoms with Crippen molar-refractivity contribution < 1.29 is 0 Å². The van der Waals surface area contributed by atoms with Crippen LogP contribution in [0.1, 0.15) is 18.5 Å². The maximum atomic E-state index is 12.3. The Morgan fingerprint density at radius 2 is 2.00 bits per heavy atom. The van der Waals surface area contributed by atoms with Crippen molar-refractivity contribution >= 4 is 5.82 Å². The molecule has 8 nitrogen and oxygen atoms in total. The minimum absolute atomic E-state index is 0.102. The predicted molar refractivity (Wildman–Crippen MR) is 98.8 cm³/mol. The lowest BCUT2D eigenvalue weighted by molar-refractivity contribution is 0.488. The number of anilines is 1. The van der Waals surface area contributed by atoms with Gasteiger partial charge in [0.15, 0.2) is 5.69 Å². The largest absolute Gasteiger partial charge is 0.350 e. The number of aromatic nitrogens is 5. The third-order valence-corrected chi connectivity index (χ3v) is 4.65. The summed E-state index contributed by atoms with van der Waals surface area (Å²) >= 11 is 0. The molecule has 1 aliphatic rings. The van der Waals surface area contributed by atoms with Crippen LogP contribution in [0.25, 0.3) is 11.3 Å². The topological polar surface area (TPSA) is 101 Å². The highest BCUT2D eigenvalue weighted by Crippen LogP contribution is 2.24. The first kappa shape index (κ1) is 16.8. The molecular weight excluding hydrogens is 342 g/mol. The highest BCUT2D eigenvalue weighted by Gasteiger charge is 2.27. The number of hydrogen-bond acceptors (Lipinski definition) is 7. The smallest absolute Gasteiger partial charge is 0.266 e. The molecule has 8 heteroatoms. The van der Waals surface area contributed by atoms with E-state index in [4.69, 9.17) is 5.26 Å². The lowest BCUT2D eigenvalue weighted by Crippen LogP contribution is -2.37. The van der Waals surface area contributed by atoms with Crippen molar-refractivity contribution in [2.45, 2.75) is 25.4 Å². The molecule has 134 valence electrons. The number of hydrogen-bond donors (Lipinski definition) is 0. The summed E-state index contributed by atoms with van der Waals surface area (Å²) in [6.45, 7) is 1.31. The van der Waals surface area contributed by atoms with Gasteiger partial charge in [0.05, 0.1) is 30.7 Å². The molecule has 3 aromatic heterocycles. The molecule has 0 aliphatic carbocycles. The fourth-order valence-electron chi connectivity index (χ4n) is 3.31. The SMILES string of the molecule is N#Cc1cnc(N2CCCC2Cn2nc(-c3ccncc3)ccc2=O)cn1. The van der Waals surface area contributed by atoms with E-state index in [1.165, 1.54) is 10.9 Å². The maximum Gasteiger partial charge on any atom is 0.266 e. The van der Waals surface area contributed by atoms with E-state index in [0.717, 1.165) is 36.5 Å². The number of pyridine rings is 1. The van der Waals surface area contributed by atoms with Crippen LogP contribution < -0.4 is 10.5 Å². The van der Waals surface area contributed by atoms with Gasteiger partial charge in [0.1, 0.15) is 11.9 Å². The second kappa shape index (κ2) is 7.33. The van der Waals surface area contributed by atoms with Crippen LogP contribution >= 0.6 is 0 Å². The molecule has 0 radical (unpaired) electrons. The Labute approximate surface area is 155 Å². The van der Waals surface area contributed by atoms with E-state index in [1.807, 2.05) is 18.2 Å². The summed E-state index contributed by atoms with van der Waals surface area (Å²) in [7, 11) is 0. The summed E-state index contributed by atoms with van der Waals surface area (Å²) in [5.74, 6) is 0.717. The van der Waals surface area contributed by atoms with E-state index in [0.29, 0.717) is 6.54 Å². The van der Waals surface area contributed by atoms with Crippen LogP contribution in [0, 0.1) is 11.3 Å². The summed E-state index contributed by atoms with van der Waals surface area (Å²) in [6, 6.07) is 9.08. The first-order chi connectivity index (χ1) is 13.2. The second-order valence-electron chi connectivity index (χ2n) is 6.34. The Bertz CT molecular complexity index is 1020. The van der Waals surface area contributed by atoms with E-state index in [1.54, 1.807) is 30.7 Å². The normalized spacial score (nSPS) is 16.3. The zero-order valence-electron chi connectivity index (χ0n) is 14.6. The van der Waals surface area contributed by atoms with Gasteiger partial charge >= 0.3 is 0 Å². The first-order valence-electron chi connectivity index (χ1n) is 8.72. The zero-order valence-corrected chi connectivity index (χ0v) is 14.6. The molecule has 1 atom stereocenters. The number of rotatable bonds is 4. The van der Waals surface area contributed by atoms with Gasteiger partial charge in [-0.05, 0) is 31.0 Å². The van der Waals surface area contributed by atoms with Gasteiger partial charge in [-0.15, -0.1) is 0 Å². The molecule has 3 aromatic rings. The van der Waals surface area contributed by atoms with Crippen molar-refractivity contribution in [2.75, 3.05) is 11.4 Å². The summed E-state index contributed by atoms with van der Waals surface area (Å²) in [6.07, 6.45) is 8.43. The second-order valence-corrected chi connectivity index (χ2v) is 6.34. The van der Waals surface area contributed by atoms with Crippen molar-refractivity contribution in [1.29, 1.82) is 5.26 Å². The molecule has 1 aliphatic heterocycles. The molecule has 0 aromatic carbocycles. The van der Waals surface area contributed by atoms with E-state index in [-0.39, 0.29) is 17.3 Å². The Morgan fingerprint density at radius 1 is 1.15 bits per heavy atom. The minimum atomic E-state index is -0.134. The van der Waals surface area contributed by atoms with Crippen molar-refractivity contribution in [3.8, 4) is 17.3 Å². The van der Waals surface area contributed by atoms with Crippen LogP contribution in [0.5, 0.6) is 0 Å². The summed E-state index contributed by atoms with van der Waals surface area (Å²) < 4.78 is 1.51. The van der Waals surface area contributed by atoms with E-state index in [9.17, 15) is 4.79 Å². The highest BCUT2D eigenvalue weighted by atomic mass is 16.1. The van der Waals surface area contributed by atoms with Crippen LogP contribution in [0.4, 0.5) is 5.82 Å². The third-order valence-electron chi connectivity index (χ3n) is 4.65. The maximum absolute atomic E-state index is 12.3. The van der Waals surface area contributed by atoms with Gasteiger partial charge in [-0.1, -0.05) is 0 Å². The molecule has 4 rings (SSSR count). The molecule has 27 heavy (non-hydrogen) atoms. The molecule has 4 heterocycles. The van der Waals surface area contributed by atoms with Crippen molar-refractivity contribution in [3.05, 3.63) is 65.1 Å². The van der Waals surface area contributed by atoms with Gasteiger partial charge in [-0.3, -0.25) is 9.78 Å². The van der Waals surface area contributed by atoms with Crippen LogP contribution in [0.3, 0.4) is 0 Å². The molecule has 0 amide bonds. The Hall–Kier alpha value is -3.60. The average molecular weight is 359 g/mol. The van der Waals surface area contributed by atoms with Gasteiger partial charge in [0.2, 0.25) is 0 Å². The summed E-state index contributed by atoms with van der Waals surface area (Å²) in [5, 5.41) is 13.4. The van der Waals surface area contributed by atoms with Crippen LogP contribution in [0.2, 0.25) is 0 Å². The Kier molecular flexibility index (Phi) is 4.58. The van der Waals surface area contributed by atoms with Gasteiger partial charge in [0.25, 0.3) is 5.56 Å². The van der Waals surface area contributed by atoms with Gasteiger partial charge in [-0.25, -0.2) is 14.6 Å². The quantitative estimate of drug-likeness (QED) is 0.698.